The Hall–Kier alpha value is -2.05. The van der Waals surface area contributed by atoms with Crippen LogP contribution in [0.2, 0.25) is 0 Å². The van der Waals surface area contributed by atoms with Crippen LogP contribution in [0.15, 0.2) is 12.7 Å². The van der Waals surface area contributed by atoms with Crippen LogP contribution in [0.25, 0.3) is 0 Å². The molecule has 0 bridgehead atoms. The molecule has 26 heavy (non-hydrogen) atoms. The van der Waals surface area contributed by atoms with Gasteiger partial charge in [0, 0.05) is 26.2 Å². The maximum absolute atomic E-state index is 12.1. The van der Waals surface area contributed by atoms with Crippen LogP contribution < -0.4 is 5.32 Å². The van der Waals surface area contributed by atoms with E-state index in [1.165, 1.54) is 11.0 Å². The number of hydrogen-bond acceptors (Lipinski definition) is 4. The molecule has 0 aliphatic carbocycles. The SMILES string of the molecule is C=CC(=O)N(CC)CC(=O)NCC1(C)CCN(C(=O)OC(C)(C)C)CC1. The van der Waals surface area contributed by atoms with E-state index in [-0.39, 0.29) is 29.9 Å². The number of piperidine rings is 1. The van der Waals surface area contributed by atoms with Crippen molar-refractivity contribution in [1.82, 2.24) is 15.1 Å². The Labute approximate surface area is 156 Å². The van der Waals surface area contributed by atoms with Crippen LogP contribution in [-0.4, -0.2) is 66.0 Å². The molecule has 0 unspecified atom stereocenters. The second-order valence-electron chi connectivity index (χ2n) is 8.11. The third-order valence-corrected chi connectivity index (χ3v) is 4.54. The lowest BCUT2D eigenvalue weighted by molar-refractivity contribution is -0.132. The molecule has 7 nitrogen and oxygen atoms in total. The molecule has 1 fully saturated rings. The van der Waals surface area contributed by atoms with Gasteiger partial charge in [0.1, 0.15) is 5.60 Å². The normalized spacial score (nSPS) is 16.6. The molecule has 3 amide bonds. The molecule has 148 valence electrons. The van der Waals surface area contributed by atoms with E-state index in [4.69, 9.17) is 4.74 Å². The van der Waals surface area contributed by atoms with Crippen molar-refractivity contribution in [3.05, 3.63) is 12.7 Å². The Bertz CT molecular complexity index is 531. The summed E-state index contributed by atoms with van der Waals surface area (Å²) in [6.45, 7) is 15.2. The van der Waals surface area contributed by atoms with Gasteiger partial charge in [-0.15, -0.1) is 0 Å². The minimum absolute atomic E-state index is 0.0292. The summed E-state index contributed by atoms with van der Waals surface area (Å²) >= 11 is 0. The molecule has 0 aromatic rings. The molecule has 0 atom stereocenters. The topological polar surface area (TPSA) is 79.0 Å². The molecule has 7 heteroatoms. The van der Waals surface area contributed by atoms with Crippen molar-refractivity contribution in [2.24, 2.45) is 5.41 Å². The van der Waals surface area contributed by atoms with E-state index in [9.17, 15) is 14.4 Å². The summed E-state index contributed by atoms with van der Waals surface area (Å²) < 4.78 is 5.40. The number of amides is 3. The van der Waals surface area contributed by atoms with E-state index in [2.05, 4.69) is 18.8 Å². The third kappa shape index (κ3) is 7.06. The number of rotatable bonds is 6. The van der Waals surface area contributed by atoms with Crippen LogP contribution in [-0.2, 0) is 14.3 Å². The molecule has 0 saturated carbocycles. The molecule has 1 saturated heterocycles. The van der Waals surface area contributed by atoms with Crippen molar-refractivity contribution in [2.75, 3.05) is 32.7 Å². The Balaban J connectivity index is 2.45. The highest BCUT2D eigenvalue weighted by Gasteiger charge is 2.34. The van der Waals surface area contributed by atoms with Gasteiger partial charge in [-0.05, 0) is 52.0 Å². The van der Waals surface area contributed by atoms with Crippen LogP contribution in [0.4, 0.5) is 4.79 Å². The number of likely N-dealkylation sites (N-methyl/N-ethyl adjacent to an activating group) is 1. The van der Waals surface area contributed by atoms with Crippen LogP contribution >= 0.6 is 0 Å². The fraction of sp³-hybridized carbons (Fsp3) is 0.737. The molecule has 0 radical (unpaired) electrons. The zero-order valence-corrected chi connectivity index (χ0v) is 16.8. The van der Waals surface area contributed by atoms with Crippen molar-refractivity contribution in [2.45, 2.75) is 53.1 Å². The number of nitrogens with zero attached hydrogens (tertiary/aromatic N) is 2. The molecule has 1 aliphatic rings. The zero-order valence-electron chi connectivity index (χ0n) is 16.8. The number of hydrogen-bond donors (Lipinski definition) is 1. The fourth-order valence-corrected chi connectivity index (χ4v) is 2.75. The summed E-state index contributed by atoms with van der Waals surface area (Å²) in [5.74, 6) is -0.433. The summed E-state index contributed by atoms with van der Waals surface area (Å²) in [6.07, 6.45) is 2.50. The van der Waals surface area contributed by atoms with Crippen molar-refractivity contribution < 1.29 is 19.1 Å². The summed E-state index contributed by atoms with van der Waals surface area (Å²) in [5.41, 5.74) is -0.576. The lowest BCUT2D eigenvalue weighted by Gasteiger charge is -2.39. The first-order valence-electron chi connectivity index (χ1n) is 9.15. The van der Waals surface area contributed by atoms with E-state index in [1.54, 1.807) is 4.90 Å². The molecule has 0 aromatic heterocycles. The number of nitrogens with one attached hydrogen (secondary N) is 1. The number of carbonyl (C=O) groups is 3. The average molecular weight is 367 g/mol. The van der Waals surface area contributed by atoms with E-state index in [1.807, 2.05) is 27.7 Å². The largest absolute Gasteiger partial charge is 0.444 e. The van der Waals surface area contributed by atoms with Gasteiger partial charge in [-0.1, -0.05) is 13.5 Å². The van der Waals surface area contributed by atoms with Gasteiger partial charge >= 0.3 is 6.09 Å². The molecule has 1 rings (SSSR count). The lowest BCUT2D eigenvalue weighted by atomic mass is 9.80. The summed E-state index contributed by atoms with van der Waals surface area (Å²) in [6, 6.07) is 0. The number of carbonyl (C=O) groups excluding carboxylic acids is 3. The van der Waals surface area contributed by atoms with Gasteiger partial charge in [-0.2, -0.15) is 0 Å². The predicted molar refractivity (Wildman–Crippen MR) is 101 cm³/mol. The standard InChI is InChI=1S/C19H33N3O4/c1-7-16(24)21(8-2)13-15(23)20-14-19(6)9-11-22(12-10-19)17(25)26-18(3,4)5/h7H,1,8-14H2,2-6H3,(H,20,23). The van der Waals surface area contributed by atoms with Gasteiger partial charge in [0.15, 0.2) is 0 Å². The first-order valence-corrected chi connectivity index (χ1v) is 9.15. The van der Waals surface area contributed by atoms with Gasteiger partial charge in [0.25, 0.3) is 0 Å². The van der Waals surface area contributed by atoms with Crippen molar-refractivity contribution in [3.63, 3.8) is 0 Å². The first kappa shape index (κ1) is 22.0. The lowest BCUT2D eigenvalue weighted by Crippen LogP contribution is -2.49. The predicted octanol–water partition coefficient (Wildman–Crippen LogP) is 2.17. The van der Waals surface area contributed by atoms with Gasteiger partial charge in [-0.25, -0.2) is 4.79 Å². The molecule has 1 N–H and O–H groups in total. The minimum Gasteiger partial charge on any atom is -0.444 e. The Kier molecular flexibility index (Phi) is 7.66. The molecule has 1 aliphatic heterocycles. The summed E-state index contributed by atoms with van der Waals surface area (Å²) in [5, 5.41) is 2.92. The average Bonchev–Trinajstić information content (AvgIpc) is 2.56. The van der Waals surface area contributed by atoms with Gasteiger partial charge in [0.2, 0.25) is 11.8 Å². The van der Waals surface area contributed by atoms with Gasteiger partial charge < -0.3 is 19.9 Å². The van der Waals surface area contributed by atoms with Crippen molar-refractivity contribution in [1.29, 1.82) is 0 Å². The monoisotopic (exact) mass is 367 g/mol. The highest BCUT2D eigenvalue weighted by atomic mass is 16.6. The van der Waals surface area contributed by atoms with E-state index in [0.29, 0.717) is 26.2 Å². The van der Waals surface area contributed by atoms with Crippen LogP contribution in [0.5, 0.6) is 0 Å². The third-order valence-electron chi connectivity index (χ3n) is 4.54. The number of likely N-dealkylation sites (tertiary alicyclic amines) is 1. The molecular weight excluding hydrogens is 334 g/mol. The maximum Gasteiger partial charge on any atom is 0.410 e. The van der Waals surface area contributed by atoms with E-state index >= 15 is 0 Å². The minimum atomic E-state index is -0.500. The Morgan fingerprint density at radius 2 is 1.85 bits per heavy atom. The second kappa shape index (κ2) is 9.05. The van der Waals surface area contributed by atoms with E-state index < -0.39 is 5.60 Å². The first-order chi connectivity index (χ1) is 12.0. The van der Waals surface area contributed by atoms with Crippen LogP contribution in [0, 0.1) is 5.41 Å². The molecule has 1 heterocycles. The van der Waals surface area contributed by atoms with Crippen LogP contribution in [0.1, 0.15) is 47.5 Å². The van der Waals surface area contributed by atoms with E-state index in [0.717, 1.165) is 12.8 Å². The smallest absolute Gasteiger partial charge is 0.410 e. The Morgan fingerprint density at radius 3 is 2.31 bits per heavy atom. The second-order valence-corrected chi connectivity index (χ2v) is 8.11. The summed E-state index contributed by atoms with van der Waals surface area (Å²) in [4.78, 5) is 39.0. The Morgan fingerprint density at radius 1 is 1.27 bits per heavy atom. The van der Waals surface area contributed by atoms with Gasteiger partial charge in [-0.3, -0.25) is 9.59 Å². The zero-order chi connectivity index (χ0) is 20.0. The summed E-state index contributed by atoms with van der Waals surface area (Å²) in [7, 11) is 0. The van der Waals surface area contributed by atoms with Crippen molar-refractivity contribution in [3.8, 4) is 0 Å². The fourth-order valence-electron chi connectivity index (χ4n) is 2.75. The highest BCUT2D eigenvalue weighted by molar-refractivity contribution is 5.90. The highest BCUT2D eigenvalue weighted by Crippen LogP contribution is 2.30. The quantitative estimate of drug-likeness (QED) is 0.730. The number of ether oxygens (including phenoxy) is 1. The molecular formula is C19H33N3O4. The molecule has 0 spiro atoms. The van der Waals surface area contributed by atoms with Gasteiger partial charge in [0.05, 0.1) is 6.54 Å². The maximum atomic E-state index is 12.1. The van der Waals surface area contributed by atoms with Crippen LogP contribution in [0.3, 0.4) is 0 Å². The van der Waals surface area contributed by atoms with Crippen molar-refractivity contribution >= 4 is 17.9 Å². The molecule has 0 aromatic carbocycles.